The first-order valence-corrected chi connectivity index (χ1v) is 10.1. The van der Waals surface area contributed by atoms with E-state index in [2.05, 4.69) is 10.3 Å². The van der Waals surface area contributed by atoms with E-state index in [4.69, 9.17) is 0 Å². The molecular formula is C24H21N3O4. The third kappa shape index (κ3) is 3.90. The van der Waals surface area contributed by atoms with E-state index < -0.39 is 17.3 Å². The van der Waals surface area contributed by atoms with Crippen LogP contribution in [-0.2, 0) is 4.79 Å². The Kier molecular flexibility index (Phi) is 5.49. The molecule has 0 saturated heterocycles. The predicted molar refractivity (Wildman–Crippen MR) is 120 cm³/mol. The quantitative estimate of drug-likeness (QED) is 0.373. The molecule has 156 valence electrons. The number of hydrogen-bond donors (Lipinski definition) is 2. The highest BCUT2D eigenvalue weighted by atomic mass is 16.2. The molecule has 0 spiro atoms. The maximum Gasteiger partial charge on any atom is 0.333 e. The molecule has 0 aliphatic carbocycles. The molecule has 0 fully saturated rings. The van der Waals surface area contributed by atoms with Crippen LogP contribution in [0.15, 0.2) is 70.3 Å². The van der Waals surface area contributed by atoms with Gasteiger partial charge in [-0.1, -0.05) is 37.6 Å². The fourth-order valence-electron chi connectivity index (χ4n) is 3.64. The van der Waals surface area contributed by atoms with Crippen LogP contribution in [0.3, 0.4) is 0 Å². The number of carbonyl (C=O) groups excluding carboxylic acids is 2. The third-order valence-corrected chi connectivity index (χ3v) is 5.23. The van der Waals surface area contributed by atoms with Crippen molar-refractivity contribution in [2.24, 2.45) is 0 Å². The van der Waals surface area contributed by atoms with Crippen molar-refractivity contribution in [3.05, 3.63) is 87.1 Å². The summed E-state index contributed by atoms with van der Waals surface area (Å²) in [6, 6.07) is 16.7. The maximum atomic E-state index is 13.1. The van der Waals surface area contributed by atoms with Gasteiger partial charge in [-0.3, -0.25) is 9.59 Å². The minimum Gasteiger partial charge on any atom is -0.343 e. The number of fused-ring (bicyclic) bond motifs is 2. The van der Waals surface area contributed by atoms with Gasteiger partial charge < -0.3 is 15.1 Å². The molecule has 0 aliphatic rings. The summed E-state index contributed by atoms with van der Waals surface area (Å²) in [5.41, 5.74) is 0.151. The zero-order chi connectivity index (χ0) is 22.0. The number of nitrogens with zero attached hydrogens (tertiary/aromatic N) is 1. The van der Waals surface area contributed by atoms with Crippen molar-refractivity contribution in [1.82, 2.24) is 14.9 Å². The van der Waals surface area contributed by atoms with Crippen molar-refractivity contribution in [3.8, 4) is 5.69 Å². The summed E-state index contributed by atoms with van der Waals surface area (Å²) in [6.45, 7) is 1.93. The molecule has 0 radical (unpaired) electrons. The molecule has 2 N–H and O–H groups in total. The molecule has 1 amide bonds. The van der Waals surface area contributed by atoms with Gasteiger partial charge in [-0.05, 0) is 53.6 Å². The van der Waals surface area contributed by atoms with Gasteiger partial charge in [0, 0.05) is 5.56 Å². The molecule has 4 rings (SSSR count). The Bertz CT molecular complexity index is 1400. The number of H-pyrrole nitrogens is 1. The van der Waals surface area contributed by atoms with Gasteiger partial charge in [0.1, 0.15) is 6.29 Å². The standard InChI is InChI=1S/C24H21N3O4/c1-2-5-18(14-28)25-22(29)15-8-10-19(11-9-15)27-23(30)20-12-16-6-3-4-7-17(16)13-21(20)26-24(27)31/h3-4,6-14,18H,2,5H2,1H3,(H,25,29)(H,26,31). The SMILES string of the molecule is CCCC(C=O)NC(=O)c1ccc(-n2c(=O)[nH]c3cc4ccccc4cc3c2=O)cc1. The summed E-state index contributed by atoms with van der Waals surface area (Å²) >= 11 is 0. The lowest BCUT2D eigenvalue weighted by Crippen LogP contribution is -2.36. The molecule has 0 saturated carbocycles. The van der Waals surface area contributed by atoms with Gasteiger partial charge in [-0.25, -0.2) is 9.36 Å². The van der Waals surface area contributed by atoms with Crippen LogP contribution in [0, 0.1) is 0 Å². The second-order valence-corrected chi connectivity index (χ2v) is 7.37. The number of amides is 1. The van der Waals surface area contributed by atoms with Crippen molar-refractivity contribution in [1.29, 1.82) is 0 Å². The van der Waals surface area contributed by atoms with E-state index in [-0.39, 0.29) is 5.91 Å². The summed E-state index contributed by atoms with van der Waals surface area (Å²) in [5, 5.41) is 4.88. The molecule has 3 aromatic carbocycles. The molecular weight excluding hydrogens is 394 g/mol. The van der Waals surface area contributed by atoms with Gasteiger partial charge in [-0.2, -0.15) is 0 Å². The summed E-state index contributed by atoms with van der Waals surface area (Å²) in [7, 11) is 0. The largest absolute Gasteiger partial charge is 0.343 e. The Hall–Kier alpha value is -4.00. The molecule has 1 unspecified atom stereocenters. The first-order valence-electron chi connectivity index (χ1n) is 10.1. The molecule has 31 heavy (non-hydrogen) atoms. The molecule has 7 heteroatoms. The molecule has 1 atom stereocenters. The smallest absolute Gasteiger partial charge is 0.333 e. The third-order valence-electron chi connectivity index (χ3n) is 5.23. The van der Waals surface area contributed by atoms with Crippen LogP contribution >= 0.6 is 0 Å². The zero-order valence-electron chi connectivity index (χ0n) is 16.9. The van der Waals surface area contributed by atoms with E-state index >= 15 is 0 Å². The summed E-state index contributed by atoms with van der Waals surface area (Å²) in [6.07, 6.45) is 2.04. The van der Waals surface area contributed by atoms with Crippen molar-refractivity contribution in [2.45, 2.75) is 25.8 Å². The molecule has 0 bridgehead atoms. The van der Waals surface area contributed by atoms with Crippen molar-refractivity contribution < 1.29 is 9.59 Å². The first-order chi connectivity index (χ1) is 15.0. The number of carbonyl (C=O) groups is 2. The van der Waals surface area contributed by atoms with E-state index in [1.54, 1.807) is 12.1 Å². The van der Waals surface area contributed by atoms with E-state index in [1.807, 2.05) is 31.2 Å². The minimum atomic E-state index is -0.561. The average molecular weight is 415 g/mol. The van der Waals surface area contributed by atoms with Gasteiger partial charge in [0.2, 0.25) is 0 Å². The van der Waals surface area contributed by atoms with E-state index in [1.165, 1.54) is 24.3 Å². The van der Waals surface area contributed by atoms with Gasteiger partial charge in [0.05, 0.1) is 22.6 Å². The average Bonchev–Trinajstić information content (AvgIpc) is 2.78. The highest BCUT2D eigenvalue weighted by molar-refractivity contribution is 5.96. The maximum absolute atomic E-state index is 13.1. The Balaban J connectivity index is 1.72. The number of aromatic nitrogens is 2. The lowest BCUT2D eigenvalue weighted by Gasteiger charge is -2.12. The fraction of sp³-hybridized carbons (Fsp3) is 0.167. The Morgan fingerprint density at radius 1 is 1.06 bits per heavy atom. The summed E-state index contributed by atoms with van der Waals surface area (Å²) in [4.78, 5) is 51.9. The zero-order valence-corrected chi connectivity index (χ0v) is 16.9. The Labute approximate surface area is 177 Å². The van der Waals surface area contributed by atoms with Crippen molar-refractivity contribution in [3.63, 3.8) is 0 Å². The molecule has 7 nitrogen and oxygen atoms in total. The Morgan fingerprint density at radius 2 is 1.74 bits per heavy atom. The van der Waals surface area contributed by atoms with Crippen LogP contribution in [-0.4, -0.2) is 27.8 Å². The number of hydrogen-bond acceptors (Lipinski definition) is 4. The molecule has 1 heterocycles. The van der Waals surface area contributed by atoms with Crippen molar-refractivity contribution in [2.75, 3.05) is 0 Å². The molecule has 4 aromatic rings. The van der Waals surface area contributed by atoms with Crippen LogP contribution < -0.4 is 16.6 Å². The lowest BCUT2D eigenvalue weighted by atomic mass is 10.1. The lowest BCUT2D eigenvalue weighted by molar-refractivity contribution is -0.109. The highest BCUT2D eigenvalue weighted by Gasteiger charge is 2.14. The van der Waals surface area contributed by atoms with Crippen LogP contribution in [0.2, 0.25) is 0 Å². The number of rotatable bonds is 6. The van der Waals surface area contributed by atoms with Crippen LogP contribution in [0.5, 0.6) is 0 Å². The van der Waals surface area contributed by atoms with E-state index in [9.17, 15) is 19.2 Å². The fourth-order valence-corrected chi connectivity index (χ4v) is 3.64. The van der Waals surface area contributed by atoms with E-state index in [0.29, 0.717) is 34.9 Å². The van der Waals surface area contributed by atoms with Gasteiger partial charge in [0.15, 0.2) is 0 Å². The summed E-state index contributed by atoms with van der Waals surface area (Å²) in [5.74, 6) is -0.386. The van der Waals surface area contributed by atoms with Crippen molar-refractivity contribution >= 4 is 33.9 Å². The van der Waals surface area contributed by atoms with Gasteiger partial charge >= 0.3 is 5.69 Å². The number of nitrogens with one attached hydrogen (secondary N) is 2. The van der Waals surface area contributed by atoms with Crippen LogP contribution in [0.1, 0.15) is 30.1 Å². The van der Waals surface area contributed by atoms with Gasteiger partial charge in [-0.15, -0.1) is 0 Å². The predicted octanol–water partition coefficient (Wildman–Crippen LogP) is 2.93. The van der Waals surface area contributed by atoms with Crippen LogP contribution in [0.25, 0.3) is 27.4 Å². The topological polar surface area (TPSA) is 101 Å². The number of aldehydes is 1. The first kappa shape index (κ1) is 20.3. The number of aromatic amines is 1. The van der Waals surface area contributed by atoms with Gasteiger partial charge in [0.25, 0.3) is 11.5 Å². The van der Waals surface area contributed by atoms with Crippen LogP contribution in [0.4, 0.5) is 0 Å². The Morgan fingerprint density at radius 3 is 2.39 bits per heavy atom. The van der Waals surface area contributed by atoms with E-state index in [0.717, 1.165) is 21.8 Å². The molecule has 1 aromatic heterocycles. The monoisotopic (exact) mass is 415 g/mol. The highest BCUT2D eigenvalue weighted by Crippen LogP contribution is 2.19. The number of benzene rings is 3. The normalized spacial score (nSPS) is 12.0. The minimum absolute atomic E-state index is 0.336. The second kappa shape index (κ2) is 8.39. The molecule has 0 aliphatic heterocycles. The second-order valence-electron chi connectivity index (χ2n) is 7.37. The summed E-state index contributed by atoms with van der Waals surface area (Å²) < 4.78 is 1.05.